The van der Waals surface area contributed by atoms with E-state index in [1.807, 2.05) is 0 Å². The van der Waals surface area contributed by atoms with E-state index in [2.05, 4.69) is 4.99 Å². The van der Waals surface area contributed by atoms with Crippen LogP contribution in [-0.2, 0) is 4.79 Å². The minimum atomic E-state index is -1.12. The van der Waals surface area contributed by atoms with Crippen molar-refractivity contribution in [1.29, 1.82) is 0 Å². The van der Waals surface area contributed by atoms with E-state index < -0.39 is 11.5 Å². The molecule has 5 nitrogen and oxygen atoms in total. The third-order valence-electron chi connectivity index (χ3n) is 2.01. The zero-order chi connectivity index (χ0) is 11.9. The number of halogens is 2. The van der Waals surface area contributed by atoms with Gasteiger partial charge in [-0.05, 0) is 13.3 Å². The van der Waals surface area contributed by atoms with Crippen LogP contribution in [0.2, 0.25) is 0 Å². The lowest BCUT2D eigenvalue weighted by Gasteiger charge is -2.21. The first-order chi connectivity index (χ1) is 6.92. The van der Waals surface area contributed by atoms with E-state index in [1.165, 1.54) is 11.8 Å². The molecule has 8 heteroatoms. The van der Waals surface area contributed by atoms with Crippen LogP contribution in [0, 0.1) is 0 Å². The zero-order valence-corrected chi connectivity index (χ0v) is 12.5. The highest BCUT2D eigenvalue weighted by Crippen LogP contribution is 2.14. The molecular formula is C9H21Cl2N3O2S. The van der Waals surface area contributed by atoms with Gasteiger partial charge >= 0.3 is 5.97 Å². The van der Waals surface area contributed by atoms with Gasteiger partial charge in [0.1, 0.15) is 5.54 Å². The van der Waals surface area contributed by atoms with Crippen LogP contribution < -0.4 is 11.5 Å². The second-order valence-electron chi connectivity index (χ2n) is 3.39. The van der Waals surface area contributed by atoms with Crippen LogP contribution in [0.3, 0.4) is 0 Å². The summed E-state index contributed by atoms with van der Waals surface area (Å²) in [5.74, 6) is 0.734. The number of hydrogen-bond donors (Lipinski definition) is 3. The van der Waals surface area contributed by atoms with Crippen LogP contribution in [0.1, 0.15) is 20.3 Å². The fourth-order valence-electron chi connectivity index (χ4n) is 0.856. The van der Waals surface area contributed by atoms with Crippen LogP contribution in [0.25, 0.3) is 0 Å². The molecule has 0 aliphatic carbocycles. The topological polar surface area (TPSA) is 102 Å². The van der Waals surface area contributed by atoms with Gasteiger partial charge in [0.25, 0.3) is 0 Å². The largest absolute Gasteiger partial charge is 0.480 e. The lowest BCUT2D eigenvalue weighted by molar-refractivity contribution is -0.142. The molecular weight excluding hydrogens is 285 g/mol. The SMILES string of the molecule is CC[C@@](N)(CSCCN=C(C)N)C(=O)O.Cl.Cl. The molecule has 0 unspecified atom stereocenters. The average molecular weight is 306 g/mol. The Labute approximate surface area is 119 Å². The molecule has 0 aromatic rings. The maximum absolute atomic E-state index is 10.8. The molecule has 5 N–H and O–H groups in total. The van der Waals surface area contributed by atoms with Crippen molar-refractivity contribution in [3.05, 3.63) is 0 Å². The minimum Gasteiger partial charge on any atom is -0.480 e. The van der Waals surface area contributed by atoms with Gasteiger partial charge in [-0.3, -0.25) is 9.79 Å². The Hall–Kier alpha value is -0.170. The lowest BCUT2D eigenvalue weighted by Crippen LogP contribution is -2.49. The van der Waals surface area contributed by atoms with E-state index in [0.717, 1.165) is 5.75 Å². The Morgan fingerprint density at radius 1 is 1.47 bits per heavy atom. The normalized spacial score (nSPS) is 14.2. The summed E-state index contributed by atoms with van der Waals surface area (Å²) >= 11 is 1.49. The Morgan fingerprint density at radius 3 is 2.35 bits per heavy atom. The summed E-state index contributed by atoms with van der Waals surface area (Å²) < 4.78 is 0. The first kappa shape index (κ1) is 22.0. The fourth-order valence-corrected chi connectivity index (χ4v) is 1.91. The molecule has 0 bridgehead atoms. The third kappa shape index (κ3) is 9.52. The summed E-state index contributed by atoms with van der Waals surface area (Å²) in [6.07, 6.45) is 0.425. The van der Waals surface area contributed by atoms with Crippen LogP contribution in [-0.4, -0.2) is 40.5 Å². The number of carbonyl (C=O) groups is 1. The number of aliphatic carboxylic acids is 1. The first-order valence-corrected chi connectivity index (χ1v) is 5.94. The molecule has 0 aliphatic rings. The molecule has 104 valence electrons. The number of thioether (sulfide) groups is 1. The molecule has 0 aliphatic heterocycles. The summed E-state index contributed by atoms with van der Waals surface area (Å²) in [5, 5.41) is 8.89. The summed E-state index contributed by atoms with van der Waals surface area (Å²) in [5.41, 5.74) is 9.94. The van der Waals surface area contributed by atoms with Crippen molar-refractivity contribution >= 4 is 48.4 Å². The molecule has 0 heterocycles. The third-order valence-corrected chi connectivity index (χ3v) is 3.20. The highest BCUT2D eigenvalue weighted by molar-refractivity contribution is 7.99. The van der Waals surface area contributed by atoms with E-state index in [1.54, 1.807) is 13.8 Å². The van der Waals surface area contributed by atoms with Crippen molar-refractivity contribution in [2.24, 2.45) is 16.5 Å². The van der Waals surface area contributed by atoms with E-state index in [-0.39, 0.29) is 24.8 Å². The number of carboxylic acids is 1. The summed E-state index contributed by atoms with van der Waals surface area (Å²) in [4.78, 5) is 14.8. The molecule has 0 saturated heterocycles. The molecule has 1 atom stereocenters. The molecule has 0 aromatic carbocycles. The Kier molecular flexibility index (Phi) is 14.2. The second kappa shape index (κ2) is 11.0. The van der Waals surface area contributed by atoms with Gasteiger partial charge in [0.05, 0.1) is 5.84 Å². The molecule has 17 heavy (non-hydrogen) atoms. The summed E-state index contributed by atoms with van der Waals surface area (Å²) in [6.45, 7) is 4.10. The van der Waals surface area contributed by atoms with Crippen LogP contribution in [0.15, 0.2) is 4.99 Å². The van der Waals surface area contributed by atoms with Gasteiger partial charge in [-0.25, -0.2) is 0 Å². The highest BCUT2D eigenvalue weighted by atomic mass is 35.5. The molecule has 0 rings (SSSR count). The molecule has 0 amide bonds. The zero-order valence-electron chi connectivity index (χ0n) is 10.0. The highest BCUT2D eigenvalue weighted by Gasteiger charge is 2.31. The predicted octanol–water partition coefficient (Wildman–Crippen LogP) is 1.13. The minimum absolute atomic E-state index is 0. The summed E-state index contributed by atoms with van der Waals surface area (Å²) in [7, 11) is 0. The summed E-state index contributed by atoms with van der Waals surface area (Å²) in [6, 6.07) is 0. The van der Waals surface area contributed by atoms with Crippen molar-refractivity contribution in [3.8, 4) is 0 Å². The van der Waals surface area contributed by atoms with Crippen molar-refractivity contribution in [2.45, 2.75) is 25.8 Å². The van der Waals surface area contributed by atoms with Gasteiger partial charge < -0.3 is 16.6 Å². The van der Waals surface area contributed by atoms with Gasteiger partial charge in [-0.1, -0.05) is 6.92 Å². The lowest BCUT2D eigenvalue weighted by atomic mass is 10.0. The van der Waals surface area contributed by atoms with Gasteiger partial charge in [-0.15, -0.1) is 24.8 Å². The number of nitrogens with zero attached hydrogens (tertiary/aromatic N) is 1. The standard InChI is InChI=1S/C9H19N3O2S.2ClH/c1-3-9(11,8(13)14)6-15-5-4-12-7(2)10;;/h3-6,11H2,1-2H3,(H2,10,12)(H,13,14);2*1H/t9-;;/m1../s1. The van der Waals surface area contributed by atoms with Crippen LogP contribution in [0.4, 0.5) is 0 Å². The number of aliphatic imine (C=N–C) groups is 1. The average Bonchev–Trinajstić information content (AvgIpc) is 2.16. The van der Waals surface area contributed by atoms with Crippen molar-refractivity contribution in [3.63, 3.8) is 0 Å². The molecule has 0 radical (unpaired) electrons. The van der Waals surface area contributed by atoms with E-state index >= 15 is 0 Å². The number of rotatable bonds is 7. The molecule has 0 aromatic heterocycles. The predicted molar refractivity (Wildman–Crippen MR) is 78.8 cm³/mol. The Morgan fingerprint density at radius 2 is 2.00 bits per heavy atom. The quantitative estimate of drug-likeness (QED) is 0.372. The van der Waals surface area contributed by atoms with Crippen LogP contribution >= 0.6 is 36.6 Å². The molecule has 0 spiro atoms. The van der Waals surface area contributed by atoms with Gasteiger partial charge in [0.15, 0.2) is 0 Å². The van der Waals surface area contributed by atoms with Crippen molar-refractivity contribution in [1.82, 2.24) is 0 Å². The number of amidine groups is 1. The maximum atomic E-state index is 10.8. The van der Waals surface area contributed by atoms with Crippen molar-refractivity contribution < 1.29 is 9.90 Å². The monoisotopic (exact) mass is 305 g/mol. The van der Waals surface area contributed by atoms with E-state index in [9.17, 15) is 4.79 Å². The maximum Gasteiger partial charge on any atom is 0.324 e. The second-order valence-corrected chi connectivity index (χ2v) is 4.50. The van der Waals surface area contributed by atoms with Gasteiger partial charge in [0.2, 0.25) is 0 Å². The first-order valence-electron chi connectivity index (χ1n) is 4.79. The number of carboxylic acid groups (broad SMARTS) is 1. The van der Waals surface area contributed by atoms with Gasteiger partial charge in [0, 0.05) is 18.1 Å². The molecule has 0 fully saturated rings. The molecule has 0 saturated carbocycles. The fraction of sp³-hybridized carbons (Fsp3) is 0.778. The number of hydrogen-bond acceptors (Lipinski definition) is 4. The Balaban J connectivity index is -0.000000980. The van der Waals surface area contributed by atoms with Gasteiger partial charge in [-0.2, -0.15) is 11.8 Å². The van der Waals surface area contributed by atoms with Crippen LogP contribution in [0.5, 0.6) is 0 Å². The van der Waals surface area contributed by atoms with Crippen molar-refractivity contribution in [2.75, 3.05) is 18.1 Å². The van der Waals surface area contributed by atoms with E-state index in [4.69, 9.17) is 16.6 Å². The Bertz CT molecular complexity index is 250. The number of nitrogens with two attached hydrogens (primary N) is 2. The van der Waals surface area contributed by atoms with E-state index in [0.29, 0.717) is 24.6 Å². The smallest absolute Gasteiger partial charge is 0.324 e.